The largest absolute Gasteiger partial charge is 0.319 e. The molecule has 1 amide bonds. The van der Waals surface area contributed by atoms with Crippen molar-refractivity contribution >= 4 is 11.6 Å². The summed E-state index contributed by atoms with van der Waals surface area (Å²) in [5.41, 5.74) is 4.33. The number of hydrogen-bond donors (Lipinski definition) is 1. The number of carbonyl (C=O) groups is 1. The highest BCUT2D eigenvalue weighted by Gasteiger charge is 2.19. The van der Waals surface area contributed by atoms with Crippen LogP contribution < -0.4 is 5.32 Å². The van der Waals surface area contributed by atoms with Crippen molar-refractivity contribution in [3.63, 3.8) is 0 Å². The number of halogens is 1. The zero-order chi connectivity index (χ0) is 18.0. The first-order valence-corrected chi connectivity index (χ1v) is 8.11. The molecule has 4 nitrogen and oxygen atoms in total. The van der Waals surface area contributed by atoms with Crippen LogP contribution in [0.15, 0.2) is 48.5 Å². The molecule has 0 bridgehead atoms. The van der Waals surface area contributed by atoms with Gasteiger partial charge >= 0.3 is 0 Å². The first-order valence-electron chi connectivity index (χ1n) is 8.11. The summed E-state index contributed by atoms with van der Waals surface area (Å²) in [6, 6.07) is 14.3. The van der Waals surface area contributed by atoms with Gasteiger partial charge in [0, 0.05) is 5.69 Å². The molecule has 128 valence electrons. The van der Waals surface area contributed by atoms with Crippen LogP contribution in [0.3, 0.4) is 0 Å². The second-order valence-corrected chi connectivity index (χ2v) is 6.12. The molecule has 0 aliphatic heterocycles. The lowest BCUT2D eigenvalue weighted by Gasteiger charge is -2.08. The molecule has 3 aromatic rings. The van der Waals surface area contributed by atoms with E-state index in [9.17, 15) is 9.18 Å². The second-order valence-electron chi connectivity index (χ2n) is 6.12. The highest BCUT2D eigenvalue weighted by molar-refractivity contribution is 6.05. The van der Waals surface area contributed by atoms with Crippen LogP contribution in [0.1, 0.15) is 32.9 Å². The van der Waals surface area contributed by atoms with E-state index in [1.54, 1.807) is 23.7 Å². The van der Waals surface area contributed by atoms with Gasteiger partial charge in [0.05, 0.1) is 23.5 Å². The molecule has 0 aliphatic rings. The predicted octanol–water partition coefficient (Wildman–Crippen LogP) is 4.25. The third-order valence-electron chi connectivity index (χ3n) is 4.18. The Morgan fingerprint density at radius 1 is 1.08 bits per heavy atom. The summed E-state index contributed by atoms with van der Waals surface area (Å²) in [5, 5.41) is 7.10. The summed E-state index contributed by atoms with van der Waals surface area (Å²) in [6.45, 7) is 6.26. The molecule has 1 N–H and O–H groups in total. The third-order valence-corrected chi connectivity index (χ3v) is 4.18. The van der Waals surface area contributed by atoms with E-state index in [-0.39, 0.29) is 11.6 Å². The van der Waals surface area contributed by atoms with Crippen LogP contribution in [0.4, 0.5) is 10.1 Å². The smallest absolute Gasteiger partial charge is 0.259 e. The Bertz CT molecular complexity index is 913. The average molecular weight is 337 g/mol. The van der Waals surface area contributed by atoms with Gasteiger partial charge in [-0.25, -0.2) is 4.39 Å². The average Bonchev–Trinajstić information content (AvgIpc) is 2.85. The molecule has 0 radical (unpaired) electrons. The maximum atomic E-state index is 13.8. The van der Waals surface area contributed by atoms with Gasteiger partial charge in [0.25, 0.3) is 5.91 Å². The molecule has 0 aliphatic carbocycles. The molecule has 5 heteroatoms. The van der Waals surface area contributed by atoms with Gasteiger partial charge in [0.1, 0.15) is 5.82 Å². The monoisotopic (exact) mass is 337 g/mol. The molecule has 0 saturated carbocycles. The van der Waals surface area contributed by atoms with Crippen molar-refractivity contribution < 1.29 is 9.18 Å². The fourth-order valence-electron chi connectivity index (χ4n) is 2.79. The van der Waals surface area contributed by atoms with Crippen molar-refractivity contribution in [3.05, 3.63) is 82.4 Å². The quantitative estimate of drug-likeness (QED) is 0.774. The normalized spacial score (nSPS) is 10.7. The van der Waals surface area contributed by atoms with Gasteiger partial charge < -0.3 is 5.32 Å². The van der Waals surface area contributed by atoms with E-state index in [4.69, 9.17) is 0 Å². The van der Waals surface area contributed by atoms with Gasteiger partial charge in [-0.1, -0.05) is 42.0 Å². The van der Waals surface area contributed by atoms with Crippen LogP contribution in [0, 0.1) is 26.6 Å². The lowest BCUT2D eigenvalue weighted by Crippen LogP contribution is -2.15. The van der Waals surface area contributed by atoms with Crippen molar-refractivity contribution in [3.8, 4) is 0 Å². The zero-order valence-electron chi connectivity index (χ0n) is 14.5. The molecule has 25 heavy (non-hydrogen) atoms. The minimum atomic E-state index is -0.460. The van der Waals surface area contributed by atoms with Crippen LogP contribution >= 0.6 is 0 Å². The number of carbonyl (C=O) groups excluding carboxylic acids is 1. The van der Waals surface area contributed by atoms with Crippen molar-refractivity contribution in [1.82, 2.24) is 9.78 Å². The standard InChI is InChI=1S/C20H20FN3O/c1-13-8-10-16(11-9-13)12-24-15(3)19(14(2)23-24)20(25)22-18-7-5-4-6-17(18)21/h4-11H,12H2,1-3H3,(H,22,25). The Morgan fingerprint density at radius 3 is 2.44 bits per heavy atom. The maximum absolute atomic E-state index is 13.8. The molecule has 0 unspecified atom stereocenters. The molecule has 1 aromatic heterocycles. The Hall–Kier alpha value is -2.95. The first-order chi connectivity index (χ1) is 12.0. The highest BCUT2D eigenvalue weighted by atomic mass is 19.1. The topological polar surface area (TPSA) is 46.9 Å². The van der Waals surface area contributed by atoms with Gasteiger partial charge in [-0.15, -0.1) is 0 Å². The van der Waals surface area contributed by atoms with Gasteiger partial charge in [-0.3, -0.25) is 9.48 Å². The number of anilines is 1. The summed E-state index contributed by atoms with van der Waals surface area (Å²) < 4.78 is 15.6. The minimum absolute atomic E-state index is 0.164. The number of amides is 1. The zero-order valence-corrected chi connectivity index (χ0v) is 14.5. The minimum Gasteiger partial charge on any atom is -0.319 e. The molecule has 0 spiro atoms. The van der Waals surface area contributed by atoms with E-state index >= 15 is 0 Å². The van der Waals surface area contributed by atoms with Crippen LogP contribution in [0.2, 0.25) is 0 Å². The van der Waals surface area contributed by atoms with Gasteiger partial charge in [0.2, 0.25) is 0 Å². The second kappa shape index (κ2) is 6.89. The summed E-state index contributed by atoms with van der Waals surface area (Å²) >= 11 is 0. The number of aryl methyl sites for hydroxylation is 2. The number of rotatable bonds is 4. The van der Waals surface area contributed by atoms with Crippen molar-refractivity contribution in [2.75, 3.05) is 5.32 Å². The number of nitrogens with zero attached hydrogens (tertiary/aromatic N) is 2. The highest BCUT2D eigenvalue weighted by Crippen LogP contribution is 2.19. The molecule has 2 aromatic carbocycles. The van der Waals surface area contributed by atoms with E-state index in [1.165, 1.54) is 17.7 Å². The van der Waals surface area contributed by atoms with E-state index in [0.717, 1.165) is 11.3 Å². The fourth-order valence-corrected chi connectivity index (χ4v) is 2.79. The number of hydrogen-bond acceptors (Lipinski definition) is 2. The Labute approximate surface area is 146 Å². The summed E-state index contributed by atoms with van der Waals surface area (Å²) in [5.74, 6) is -0.812. The van der Waals surface area contributed by atoms with Gasteiger partial charge in [0.15, 0.2) is 0 Å². The molecule has 1 heterocycles. The maximum Gasteiger partial charge on any atom is 0.259 e. The predicted molar refractivity (Wildman–Crippen MR) is 96.3 cm³/mol. The number of para-hydroxylation sites is 1. The van der Waals surface area contributed by atoms with Crippen LogP contribution in [0.25, 0.3) is 0 Å². The fraction of sp³-hybridized carbons (Fsp3) is 0.200. The molecule has 0 saturated heterocycles. The Kier molecular flexibility index (Phi) is 4.65. The van der Waals surface area contributed by atoms with E-state index in [1.807, 2.05) is 38.1 Å². The first kappa shape index (κ1) is 16.9. The van der Waals surface area contributed by atoms with Crippen molar-refractivity contribution in [1.29, 1.82) is 0 Å². The molecule has 3 rings (SSSR count). The Balaban J connectivity index is 1.85. The third kappa shape index (κ3) is 3.60. The van der Waals surface area contributed by atoms with Crippen LogP contribution in [-0.4, -0.2) is 15.7 Å². The van der Waals surface area contributed by atoms with Crippen molar-refractivity contribution in [2.45, 2.75) is 27.3 Å². The SMILES string of the molecule is Cc1ccc(Cn2nc(C)c(C(=O)Nc3ccccc3F)c2C)cc1. The number of benzene rings is 2. The van der Waals surface area contributed by atoms with Gasteiger partial charge in [-0.05, 0) is 38.5 Å². The van der Waals surface area contributed by atoms with E-state index in [0.29, 0.717) is 17.8 Å². The lowest BCUT2D eigenvalue weighted by atomic mass is 10.1. The molecular weight excluding hydrogens is 317 g/mol. The van der Waals surface area contributed by atoms with Gasteiger partial charge in [-0.2, -0.15) is 5.10 Å². The van der Waals surface area contributed by atoms with Crippen LogP contribution in [-0.2, 0) is 6.54 Å². The molecular formula is C20H20FN3O. The number of aromatic nitrogens is 2. The lowest BCUT2D eigenvalue weighted by molar-refractivity contribution is 0.102. The number of nitrogens with one attached hydrogen (secondary N) is 1. The summed E-state index contributed by atoms with van der Waals surface area (Å²) in [6.07, 6.45) is 0. The summed E-state index contributed by atoms with van der Waals surface area (Å²) in [4.78, 5) is 12.6. The van der Waals surface area contributed by atoms with E-state index in [2.05, 4.69) is 10.4 Å². The van der Waals surface area contributed by atoms with E-state index < -0.39 is 5.82 Å². The Morgan fingerprint density at radius 2 is 1.76 bits per heavy atom. The van der Waals surface area contributed by atoms with Crippen LogP contribution in [0.5, 0.6) is 0 Å². The van der Waals surface area contributed by atoms with Crippen molar-refractivity contribution in [2.24, 2.45) is 0 Å². The molecule has 0 fully saturated rings. The molecule has 0 atom stereocenters. The summed E-state index contributed by atoms with van der Waals surface area (Å²) in [7, 11) is 0.